The number of nitrogens with two attached hydrogens (primary N) is 1. The molecule has 3 nitrogen and oxygen atoms in total. The lowest BCUT2D eigenvalue weighted by Gasteiger charge is -2.01. The molecule has 0 atom stereocenters. The van der Waals surface area contributed by atoms with Crippen LogP contribution in [0.25, 0.3) is 11.1 Å². The van der Waals surface area contributed by atoms with E-state index in [-0.39, 0.29) is 0 Å². The minimum atomic E-state index is 0.350. The lowest BCUT2D eigenvalue weighted by atomic mass is 10.1. The molecule has 14 heavy (non-hydrogen) atoms. The van der Waals surface area contributed by atoms with Crippen LogP contribution in [-0.4, -0.2) is 5.16 Å². The van der Waals surface area contributed by atoms with Crippen molar-refractivity contribution in [2.75, 3.05) is 5.73 Å². The van der Waals surface area contributed by atoms with Gasteiger partial charge in [0.15, 0.2) is 0 Å². The van der Waals surface area contributed by atoms with Crippen molar-refractivity contribution in [2.24, 2.45) is 0 Å². The Morgan fingerprint density at radius 2 is 2.14 bits per heavy atom. The van der Waals surface area contributed by atoms with Crippen LogP contribution in [0.1, 0.15) is 5.56 Å². The minimum Gasteiger partial charge on any atom is -0.367 e. The topological polar surface area (TPSA) is 52.0 Å². The maximum absolute atomic E-state index is 5.63. The number of rotatable bonds is 1. The van der Waals surface area contributed by atoms with Crippen molar-refractivity contribution in [1.82, 2.24) is 5.16 Å². The number of nitrogens with zero attached hydrogens (tertiary/aromatic N) is 1. The van der Waals surface area contributed by atoms with E-state index in [4.69, 9.17) is 10.3 Å². The summed E-state index contributed by atoms with van der Waals surface area (Å²) in [5, 5.41) is 3.64. The summed E-state index contributed by atoms with van der Waals surface area (Å²) in [6.07, 6.45) is 1.62. The van der Waals surface area contributed by atoms with Crippen LogP contribution < -0.4 is 5.73 Å². The van der Waals surface area contributed by atoms with Gasteiger partial charge in [-0.3, -0.25) is 0 Å². The molecule has 1 aromatic carbocycles. The molecule has 2 aromatic rings. The van der Waals surface area contributed by atoms with Gasteiger partial charge in [0, 0.05) is 4.47 Å². The first-order chi connectivity index (χ1) is 6.66. The zero-order chi connectivity index (χ0) is 10.1. The zero-order valence-electron chi connectivity index (χ0n) is 7.62. The standard InChI is InChI=1S/C10H9BrN2O/c1-6-2-7(4-8(11)3-6)9-5-13-14-10(9)12/h2-5H,12H2,1H3. The third-order valence-electron chi connectivity index (χ3n) is 1.95. The maximum Gasteiger partial charge on any atom is 0.229 e. The van der Waals surface area contributed by atoms with Gasteiger partial charge in [-0.15, -0.1) is 0 Å². The summed E-state index contributed by atoms with van der Waals surface area (Å²) in [4.78, 5) is 0. The molecular formula is C10H9BrN2O. The van der Waals surface area contributed by atoms with Crippen LogP contribution in [0.4, 0.5) is 5.88 Å². The van der Waals surface area contributed by atoms with Crippen molar-refractivity contribution in [2.45, 2.75) is 6.92 Å². The first-order valence-corrected chi connectivity index (χ1v) is 4.94. The second kappa shape index (κ2) is 3.46. The van der Waals surface area contributed by atoms with Crippen molar-refractivity contribution in [3.63, 3.8) is 0 Å². The summed E-state index contributed by atoms with van der Waals surface area (Å²) in [7, 11) is 0. The Kier molecular flexibility index (Phi) is 2.29. The molecule has 0 bridgehead atoms. The molecule has 0 aliphatic carbocycles. The van der Waals surface area contributed by atoms with Crippen molar-refractivity contribution in [3.8, 4) is 11.1 Å². The maximum atomic E-state index is 5.63. The summed E-state index contributed by atoms with van der Waals surface area (Å²) < 4.78 is 5.83. The third-order valence-corrected chi connectivity index (χ3v) is 2.41. The number of nitrogen functional groups attached to an aromatic ring is 1. The molecule has 0 spiro atoms. The van der Waals surface area contributed by atoms with Gasteiger partial charge in [-0.25, -0.2) is 0 Å². The monoisotopic (exact) mass is 252 g/mol. The van der Waals surface area contributed by atoms with Crippen molar-refractivity contribution in [1.29, 1.82) is 0 Å². The van der Waals surface area contributed by atoms with E-state index in [2.05, 4.69) is 21.1 Å². The normalized spacial score (nSPS) is 10.4. The largest absolute Gasteiger partial charge is 0.367 e. The van der Waals surface area contributed by atoms with E-state index in [1.54, 1.807) is 6.20 Å². The highest BCUT2D eigenvalue weighted by Gasteiger charge is 2.07. The molecule has 0 radical (unpaired) electrons. The summed E-state index contributed by atoms with van der Waals surface area (Å²) >= 11 is 3.43. The van der Waals surface area contributed by atoms with Gasteiger partial charge in [0.2, 0.25) is 5.88 Å². The molecule has 4 heteroatoms. The lowest BCUT2D eigenvalue weighted by molar-refractivity contribution is 0.436. The zero-order valence-corrected chi connectivity index (χ0v) is 9.21. The molecule has 1 heterocycles. The van der Waals surface area contributed by atoms with Crippen molar-refractivity contribution >= 4 is 21.8 Å². The fraction of sp³-hybridized carbons (Fsp3) is 0.100. The molecule has 0 saturated carbocycles. The average Bonchev–Trinajstić information content (AvgIpc) is 2.49. The molecule has 1 aromatic heterocycles. The molecule has 2 rings (SSSR count). The average molecular weight is 253 g/mol. The van der Waals surface area contributed by atoms with Crippen LogP contribution in [0.15, 0.2) is 33.4 Å². The van der Waals surface area contributed by atoms with Crippen LogP contribution in [0.5, 0.6) is 0 Å². The third kappa shape index (κ3) is 1.65. The molecule has 0 amide bonds. The Hall–Kier alpha value is -1.29. The van der Waals surface area contributed by atoms with Crippen molar-refractivity contribution in [3.05, 3.63) is 34.4 Å². The molecular weight excluding hydrogens is 244 g/mol. The van der Waals surface area contributed by atoms with E-state index in [0.29, 0.717) is 5.88 Å². The van der Waals surface area contributed by atoms with Crippen LogP contribution in [0.2, 0.25) is 0 Å². The summed E-state index contributed by atoms with van der Waals surface area (Å²) in [5.74, 6) is 0.350. The molecule has 0 saturated heterocycles. The van der Waals surface area contributed by atoms with E-state index in [1.165, 1.54) is 0 Å². The number of aromatic nitrogens is 1. The highest BCUT2D eigenvalue weighted by molar-refractivity contribution is 9.10. The number of benzene rings is 1. The summed E-state index contributed by atoms with van der Waals surface area (Å²) in [5.41, 5.74) is 8.63. The van der Waals surface area contributed by atoms with Gasteiger partial charge >= 0.3 is 0 Å². The van der Waals surface area contributed by atoms with Gasteiger partial charge in [-0.2, -0.15) is 0 Å². The van der Waals surface area contributed by atoms with Crippen LogP contribution in [0, 0.1) is 6.92 Å². The van der Waals surface area contributed by atoms with Gasteiger partial charge in [-0.05, 0) is 30.2 Å². The minimum absolute atomic E-state index is 0.350. The van der Waals surface area contributed by atoms with Gasteiger partial charge in [0.25, 0.3) is 0 Å². The predicted molar refractivity (Wildman–Crippen MR) is 58.8 cm³/mol. The quantitative estimate of drug-likeness (QED) is 0.849. The Bertz CT molecular complexity index is 445. The van der Waals surface area contributed by atoms with Gasteiger partial charge < -0.3 is 10.3 Å². The number of hydrogen-bond donors (Lipinski definition) is 1. The molecule has 0 aliphatic heterocycles. The van der Waals surface area contributed by atoms with Crippen molar-refractivity contribution < 1.29 is 4.52 Å². The molecule has 2 N–H and O–H groups in total. The van der Waals surface area contributed by atoms with Crippen LogP contribution in [-0.2, 0) is 0 Å². The highest BCUT2D eigenvalue weighted by Crippen LogP contribution is 2.28. The van der Waals surface area contributed by atoms with Gasteiger partial charge in [-0.1, -0.05) is 27.2 Å². The Balaban J connectivity index is 2.57. The predicted octanol–water partition coefficient (Wildman–Crippen LogP) is 2.99. The Labute approximate surface area is 90.0 Å². The summed E-state index contributed by atoms with van der Waals surface area (Å²) in [6, 6.07) is 6.05. The van der Waals surface area contributed by atoms with E-state index in [0.717, 1.165) is 21.2 Å². The molecule has 0 fully saturated rings. The fourth-order valence-corrected chi connectivity index (χ4v) is 1.96. The Morgan fingerprint density at radius 1 is 1.36 bits per heavy atom. The first-order valence-electron chi connectivity index (χ1n) is 4.14. The van der Waals surface area contributed by atoms with E-state index in [9.17, 15) is 0 Å². The van der Waals surface area contributed by atoms with Gasteiger partial charge in [0.1, 0.15) is 0 Å². The second-order valence-corrected chi connectivity index (χ2v) is 4.04. The Morgan fingerprint density at radius 3 is 2.71 bits per heavy atom. The molecule has 0 aliphatic rings. The number of aryl methyl sites for hydroxylation is 1. The molecule has 0 unspecified atom stereocenters. The van der Waals surface area contributed by atoms with Gasteiger partial charge in [0.05, 0.1) is 11.8 Å². The summed E-state index contributed by atoms with van der Waals surface area (Å²) in [6.45, 7) is 2.03. The highest BCUT2D eigenvalue weighted by atomic mass is 79.9. The molecule has 72 valence electrons. The number of anilines is 1. The second-order valence-electron chi connectivity index (χ2n) is 3.12. The van der Waals surface area contributed by atoms with Crippen LogP contribution >= 0.6 is 15.9 Å². The number of hydrogen-bond acceptors (Lipinski definition) is 3. The van der Waals surface area contributed by atoms with E-state index in [1.807, 2.05) is 25.1 Å². The fourth-order valence-electron chi connectivity index (χ4n) is 1.36. The SMILES string of the molecule is Cc1cc(Br)cc(-c2cnoc2N)c1. The smallest absolute Gasteiger partial charge is 0.229 e. The lowest BCUT2D eigenvalue weighted by Crippen LogP contribution is -1.85. The number of halogens is 1. The van der Waals surface area contributed by atoms with Crippen LogP contribution in [0.3, 0.4) is 0 Å². The van der Waals surface area contributed by atoms with E-state index < -0.39 is 0 Å². The first kappa shape index (κ1) is 9.27. The van der Waals surface area contributed by atoms with E-state index >= 15 is 0 Å².